The first-order valence-electron chi connectivity index (χ1n) is 3.69. The van der Waals surface area contributed by atoms with Crippen molar-refractivity contribution in [2.24, 2.45) is 0 Å². The summed E-state index contributed by atoms with van der Waals surface area (Å²) in [5.74, 6) is 2.43. The molecular weight excluding hydrogens is 333 g/mol. The number of esters is 1. The van der Waals surface area contributed by atoms with Gasteiger partial charge in [0.05, 0.1) is 6.61 Å². The fraction of sp³-hybridized carbons (Fsp3) is 0.250. The molecule has 0 fully saturated rings. The molecule has 0 atom stereocenters. The topological polar surface area (TPSA) is 39.2 Å². The lowest BCUT2D eigenvalue weighted by Gasteiger charge is -1.95. The van der Waals surface area contributed by atoms with Crippen molar-refractivity contribution in [3.8, 4) is 11.2 Å². The molecule has 0 saturated heterocycles. The minimum absolute atomic E-state index is 0.333. The van der Waals surface area contributed by atoms with Crippen molar-refractivity contribution in [2.45, 2.75) is 6.92 Å². The molecule has 14 heavy (non-hydrogen) atoms. The lowest BCUT2D eigenvalue weighted by molar-refractivity contribution is 0.0520. The molecule has 0 spiro atoms. The van der Waals surface area contributed by atoms with Crippen molar-refractivity contribution in [2.75, 3.05) is 6.61 Å². The summed E-state index contributed by atoms with van der Waals surface area (Å²) < 4.78 is 4.80. The number of hydrogen-bond acceptors (Lipinski definition) is 5. The summed E-state index contributed by atoms with van der Waals surface area (Å²) in [6, 6.07) is 0. The minimum Gasteiger partial charge on any atom is -0.461 e. The minimum atomic E-state index is -0.390. The molecule has 0 aromatic carbocycles. The zero-order valence-corrected chi connectivity index (χ0v) is 11.0. The summed E-state index contributed by atoms with van der Waals surface area (Å²) >= 11 is 3.42. The molecule has 0 unspecified atom stereocenters. The number of aromatic nitrogens is 1. The molecule has 0 bridgehead atoms. The molecule has 3 nitrogen and oxygen atoms in total. The van der Waals surface area contributed by atoms with E-state index in [1.807, 2.05) is 0 Å². The van der Waals surface area contributed by atoms with E-state index in [1.54, 1.807) is 12.3 Å². The molecule has 0 radical (unpaired) electrons. The van der Waals surface area contributed by atoms with Crippen molar-refractivity contribution in [1.29, 1.82) is 0 Å². The van der Waals surface area contributed by atoms with Crippen LogP contribution in [0.3, 0.4) is 0 Å². The average Bonchev–Trinajstić information content (AvgIpc) is 2.63. The van der Waals surface area contributed by atoms with E-state index in [1.165, 1.54) is 20.3 Å². The van der Waals surface area contributed by atoms with Crippen molar-refractivity contribution in [3.05, 3.63) is 16.1 Å². The van der Waals surface area contributed by atoms with E-state index in [-0.39, 0.29) is 5.97 Å². The highest BCUT2D eigenvalue weighted by molar-refractivity contribution is 14.2. The second kappa shape index (κ2) is 6.27. The first kappa shape index (κ1) is 11.8. The Morgan fingerprint density at radius 3 is 3.29 bits per heavy atom. The maximum Gasteiger partial charge on any atom is 0.357 e. The molecule has 0 N–H and O–H groups in total. The largest absolute Gasteiger partial charge is 0.461 e. The monoisotopic (exact) mass is 339 g/mol. The van der Waals surface area contributed by atoms with Gasteiger partial charge in [-0.05, 0) is 27.0 Å². The van der Waals surface area contributed by atoms with Crippen LogP contribution in [0, 0.1) is 11.2 Å². The Bertz CT molecular complexity index is 380. The van der Waals surface area contributed by atoms with Gasteiger partial charge in [-0.25, -0.2) is 9.78 Å². The van der Waals surface area contributed by atoms with E-state index < -0.39 is 0 Å². The molecule has 0 aliphatic carbocycles. The van der Waals surface area contributed by atoms with Crippen LogP contribution in [0.4, 0.5) is 0 Å². The number of hydrogen-bond donors (Lipinski definition) is 0. The van der Waals surface area contributed by atoms with E-state index in [0.29, 0.717) is 17.3 Å². The normalized spacial score (nSPS) is 9.00. The zero-order valence-electron chi connectivity index (χ0n) is 7.24. The molecule has 0 aliphatic heterocycles. The first-order valence-corrected chi connectivity index (χ1v) is 7.93. The van der Waals surface area contributed by atoms with E-state index in [4.69, 9.17) is 4.74 Å². The van der Waals surface area contributed by atoms with Gasteiger partial charge in [0.1, 0.15) is 0 Å². The second-order valence-electron chi connectivity index (χ2n) is 2.06. The molecule has 74 valence electrons. The Labute approximate surface area is 102 Å². The van der Waals surface area contributed by atoms with Crippen LogP contribution in [0.1, 0.15) is 22.4 Å². The number of halogens is 1. The highest BCUT2D eigenvalue weighted by Crippen LogP contribution is 2.12. The average molecular weight is 339 g/mol. The van der Waals surface area contributed by atoms with Crippen LogP contribution in [-0.4, -0.2) is 17.6 Å². The molecule has 6 heteroatoms. The van der Waals surface area contributed by atoms with E-state index in [0.717, 1.165) is 0 Å². The fourth-order valence-corrected chi connectivity index (χ4v) is 1.86. The smallest absolute Gasteiger partial charge is 0.357 e. The van der Waals surface area contributed by atoms with Gasteiger partial charge in [0.15, 0.2) is 10.7 Å². The Morgan fingerprint density at radius 2 is 2.64 bits per heavy atom. The maximum atomic E-state index is 11.2. The first-order chi connectivity index (χ1) is 6.77. The van der Waals surface area contributed by atoms with Gasteiger partial charge in [0.2, 0.25) is 0 Å². The number of carbonyl (C=O) groups is 1. The van der Waals surface area contributed by atoms with Gasteiger partial charge in [0.25, 0.3) is 0 Å². The Balaban J connectivity index is 2.72. The lowest BCUT2D eigenvalue weighted by atomic mass is 10.5. The van der Waals surface area contributed by atoms with Crippen LogP contribution in [0.5, 0.6) is 0 Å². The SMILES string of the molecule is CCOC(=O)c1csc(C#CSI)n1. The van der Waals surface area contributed by atoms with Crippen molar-refractivity contribution in [3.63, 3.8) is 0 Å². The van der Waals surface area contributed by atoms with Crippen LogP contribution in [0.25, 0.3) is 0 Å². The van der Waals surface area contributed by atoms with Crippen LogP contribution < -0.4 is 0 Å². The molecule has 0 aliphatic rings. The standard InChI is InChI=1S/C8H6INO2S2/c1-2-12-8(11)6-5-13-7(10-6)3-4-14-9/h5H,2H2,1H3. The van der Waals surface area contributed by atoms with Crippen LogP contribution in [0.2, 0.25) is 0 Å². The molecule has 0 amide bonds. The quantitative estimate of drug-likeness (QED) is 0.472. The highest BCUT2D eigenvalue weighted by atomic mass is 127. The van der Waals surface area contributed by atoms with E-state index >= 15 is 0 Å². The van der Waals surface area contributed by atoms with E-state index in [2.05, 4.69) is 37.4 Å². The number of thiazole rings is 1. The Hall–Kier alpha value is -0.260. The Morgan fingerprint density at radius 1 is 1.86 bits per heavy atom. The summed E-state index contributed by atoms with van der Waals surface area (Å²) in [5, 5.41) is 5.09. The highest BCUT2D eigenvalue weighted by Gasteiger charge is 2.09. The van der Waals surface area contributed by atoms with Crippen LogP contribution >= 0.6 is 41.5 Å². The maximum absolute atomic E-state index is 11.2. The van der Waals surface area contributed by atoms with Crippen LogP contribution in [-0.2, 0) is 4.74 Å². The lowest BCUT2D eigenvalue weighted by Crippen LogP contribution is -2.04. The summed E-state index contributed by atoms with van der Waals surface area (Å²) in [6.07, 6.45) is 0. The van der Waals surface area contributed by atoms with Gasteiger partial charge in [-0.2, -0.15) is 0 Å². The fourth-order valence-electron chi connectivity index (χ4n) is 0.693. The van der Waals surface area contributed by atoms with Gasteiger partial charge in [-0.3, -0.25) is 0 Å². The van der Waals surface area contributed by atoms with Gasteiger partial charge >= 0.3 is 5.97 Å². The van der Waals surface area contributed by atoms with Gasteiger partial charge < -0.3 is 4.74 Å². The number of nitrogens with zero attached hydrogens (tertiary/aromatic N) is 1. The van der Waals surface area contributed by atoms with Gasteiger partial charge in [0, 0.05) is 26.6 Å². The molecular formula is C8H6INO2S2. The van der Waals surface area contributed by atoms with Crippen molar-refractivity contribution >= 4 is 47.4 Å². The summed E-state index contributed by atoms with van der Waals surface area (Å²) in [6.45, 7) is 2.12. The third-order valence-electron chi connectivity index (χ3n) is 1.19. The molecule has 1 aromatic rings. The molecule has 1 rings (SSSR count). The third kappa shape index (κ3) is 3.48. The number of rotatable bonds is 2. The number of ether oxygens (including phenoxy) is 1. The molecule has 1 aromatic heterocycles. The van der Waals surface area contributed by atoms with Gasteiger partial charge in [-0.1, -0.05) is 0 Å². The summed E-state index contributed by atoms with van der Waals surface area (Å²) in [5.41, 5.74) is 0.333. The predicted molar refractivity (Wildman–Crippen MR) is 66.6 cm³/mol. The number of carbonyl (C=O) groups excluding carboxylic acids is 1. The zero-order chi connectivity index (χ0) is 10.4. The molecule has 1 heterocycles. The van der Waals surface area contributed by atoms with Crippen molar-refractivity contribution < 1.29 is 9.53 Å². The predicted octanol–water partition coefficient (Wildman–Crippen LogP) is 2.71. The molecule has 0 saturated carbocycles. The van der Waals surface area contributed by atoms with Gasteiger partial charge in [-0.15, -0.1) is 11.3 Å². The Kier molecular flexibility index (Phi) is 5.29. The van der Waals surface area contributed by atoms with E-state index in [9.17, 15) is 4.79 Å². The van der Waals surface area contributed by atoms with Crippen molar-refractivity contribution in [1.82, 2.24) is 4.98 Å². The summed E-state index contributed by atoms with van der Waals surface area (Å²) in [7, 11) is 1.38. The third-order valence-corrected chi connectivity index (χ3v) is 2.78. The second-order valence-corrected chi connectivity index (χ2v) is 4.60. The van der Waals surface area contributed by atoms with Crippen LogP contribution in [0.15, 0.2) is 5.38 Å². The summed E-state index contributed by atoms with van der Waals surface area (Å²) in [4.78, 5) is 15.2.